The van der Waals surface area contributed by atoms with Gasteiger partial charge in [-0.3, -0.25) is 9.59 Å². The molecule has 4 N–H and O–H groups in total. The van der Waals surface area contributed by atoms with Gasteiger partial charge in [-0.05, 0) is 56.7 Å². The highest BCUT2D eigenvalue weighted by molar-refractivity contribution is 5.85. The number of nitrogens with zero attached hydrogens (tertiary/aromatic N) is 2. The van der Waals surface area contributed by atoms with Gasteiger partial charge in [0.15, 0.2) is 0 Å². The summed E-state index contributed by atoms with van der Waals surface area (Å²) in [7, 11) is 0. The van der Waals surface area contributed by atoms with E-state index in [1.54, 1.807) is 6.20 Å². The molecule has 0 radical (unpaired) electrons. The average Bonchev–Trinajstić information content (AvgIpc) is 2.73. The zero-order chi connectivity index (χ0) is 19.9. The van der Waals surface area contributed by atoms with Crippen LogP contribution in [0.1, 0.15) is 44.6 Å². The van der Waals surface area contributed by atoms with E-state index in [0.717, 1.165) is 63.2 Å². The van der Waals surface area contributed by atoms with E-state index in [9.17, 15) is 9.59 Å². The van der Waals surface area contributed by atoms with Gasteiger partial charge in [0, 0.05) is 43.7 Å². The Bertz CT molecular complexity index is 677. The van der Waals surface area contributed by atoms with E-state index < -0.39 is 0 Å². The molecule has 0 bridgehead atoms. The van der Waals surface area contributed by atoms with Crippen molar-refractivity contribution in [2.75, 3.05) is 31.1 Å². The van der Waals surface area contributed by atoms with Gasteiger partial charge in [0.25, 0.3) is 0 Å². The summed E-state index contributed by atoms with van der Waals surface area (Å²) in [6.07, 6.45) is 6.17. The molecule has 2 amide bonds. The smallest absolute Gasteiger partial charge is 0.220 e. The maximum atomic E-state index is 12.5. The molecule has 0 spiro atoms. The molecule has 170 valence electrons. The topological polar surface area (TPSA) is 100 Å². The number of hydrogen-bond donors (Lipinski definition) is 3. The number of primary amides is 1. The minimum atomic E-state index is -0.212. The molecule has 2 saturated heterocycles. The maximum absolute atomic E-state index is 12.5. The first-order valence-electron chi connectivity index (χ1n) is 10.5. The van der Waals surface area contributed by atoms with E-state index in [1.165, 1.54) is 0 Å². The van der Waals surface area contributed by atoms with Gasteiger partial charge in [-0.1, -0.05) is 13.0 Å². The van der Waals surface area contributed by atoms with Crippen LogP contribution in [-0.4, -0.2) is 43.0 Å². The van der Waals surface area contributed by atoms with E-state index in [1.807, 2.05) is 12.1 Å². The van der Waals surface area contributed by atoms with Gasteiger partial charge < -0.3 is 21.3 Å². The Morgan fingerprint density at radius 2 is 1.90 bits per heavy atom. The van der Waals surface area contributed by atoms with Gasteiger partial charge in [0.1, 0.15) is 5.82 Å². The van der Waals surface area contributed by atoms with Gasteiger partial charge in [0.05, 0.1) is 0 Å². The van der Waals surface area contributed by atoms with Crippen molar-refractivity contribution >= 4 is 42.4 Å². The van der Waals surface area contributed by atoms with Crippen molar-refractivity contribution in [3.63, 3.8) is 0 Å². The first-order chi connectivity index (χ1) is 13.5. The van der Waals surface area contributed by atoms with Crippen LogP contribution < -0.4 is 21.3 Å². The van der Waals surface area contributed by atoms with Crippen molar-refractivity contribution < 1.29 is 9.59 Å². The lowest BCUT2D eigenvalue weighted by atomic mass is 9.84. The maximum Gasteiger partial charge on any atom is 0.220 e. The van der Waals surface area contributed by atoms with Gasteiger partial charge in [-0.25, -0.2) is 4.98 Å². The van der Waals surface area contributed by atoms with Crippen molar-refractivity contribution in [2.24, 2.45) is 23.5 Å². The number of carbonyl (C=O) groups is 2. The molecule has 3 heterocycles. The second-order valence-corrected chi connectivity index (χ2v) is 8.20. The molecule has 1 atom stereocenters. The molecule has 2 fully saturated rings. The third-order valence-corrected chi connectivity index (χ3v) is 6.24. The highest BCUT2D eigenvalue weighted by atomic mass is 35.5. The largest absolute Gasteiger partial charge is 0.369 e. The highest BCUT2D eigenvalue weighted by Gasteiger charge is 2.25. The van der Waals surface area contributed by atoms with Crippen LogP contribution in [0.15, 0.2) is 18.3 Å². The summed E-state index contributed by atoms with van der Waals surface area (Å²) >= 11 is 0. The molecule has 0 aliphatic carbocycles. The molecule has 2 aliphatic heterocycles. The highest BCUT2D eigenvalue weighted by Crippen LogP contribution is 2.26. The molecule has 1 aromatic heterocycles. The summed E-state index contributed by atoms with van der Waals surface area (Å²) in [6, 6.07) is 3.91. The van der Waals surface area contributed by atoms with Crippen LogP contribution in [-0.2, 0) is 16.1 Å². The number of amides is 2. The zero-order valence-electron chi connectivity index (χ0n) is 17.6. The fourth-order valence-corrected chi connectivity index (χ4v) is 4.37. The summed E-state index contributed by atoms with van der Waals surface area (Å²) in [6.45, 7) is 6.31. The number of pyridine rings is 1. The van der Waals surface area contributed by atoms with Crippen LogP contribution in [0.3, 0.4) is 0 Å². The number of aromatic nitrogens is 1. The summed E-state index contributed by atoms with van der Waals surface area (Å²) in [5, 5.41) is 6.46. The summed E-state index contributed by atoms with van der Waals surface area (Å²) in [4.78, 5) is 30.6. The monoisotopic (exact) mass is 459 g/mol. The van der Waals surface area contributed by atoms with Crippen LogP contribution in [0.2, 0.25) is 0 Å². The third-order valence-electron chi connectivity index (χ3n) is 6.24. The van der Waals surface area contributed by atoms with E-state index in [0.29, 0.717) is 24.8 Å². The summed E-state index contributed by atoms with van der Waals surface area (Å²) in [5.41, 5.74) is 6.45. The first kappa shape index (κ1) is 26.5. The lowest BCUT2D eigenvalue weighted by Gasteiger charge is -2.32. The summed E-state index contributed by atoms with van der Waals surface area (Å²) < 4.78 is 0. The predicted octanol–water partition coefficient (Wildman–Crippen LogP) is 2.27. The Hall–Kier alpha value is -1.57. The van der Waals surface area contributed by atoms with Crippen molar-refractivity contribution in [2.45, 2.75) is 45.6 Å². The molecule has 9 heteroatoms. The van der Waals surface area contributed by atoms with E-state index in [2.05, 4.69) is 27.4 Å². The van der Waals surface area contributed by atoms with Gasteiger partial charge in [-0.2, -0.15) is 0 Å². The lowest BCUT2D eigenvalue weighted by molar-refractivity contribution is -0.123. The van der Waals surface area contributed by atoms with Crippen LogP contribution in [0.25, 0.3) is 0 Å². The van der Waals surface area contributed by atoms with Crippen LogP contribution in [0.5, 0.6) is 0 Å². The molecular weight excluding hydrogens is 425 g/mol. The lowest BCUT2D eigenvalue weighted by Crippen LogP contribution is -2.39. The molecule has 0 aromatic carbocycles. The van der Waals surface area contributed by atoms with Crippen LogP contribution in [0, 0.1) is 17.8 Å². The molecule has 1 aromatic rings. The Morgan fingerprint density at radius 3 is 2.53 bits per heavy atom. The number of carbonyl (C=O) groups excluding carboxylic acids is 2. The van der Waals surface area contributed by atoms with E-state index >= 15 is 0 Å². The fraction of sp³-hybridized carbons (Fsp3) is 0.667. The fourth-order valence-electron chi connectivity index (χ4n) is 4.37. The van der Waals surface area contributed by atoms with Crippen LogP contribution >= 0.6 is 24.8 Å². The van der Waals surface area contributed by atoms with Gasteiger partial charge in [0.2, 0.25) is 11.8 Å². The normalized spacial score (nSPS) is 18.6. The summed E-state index contributed by atoms with van der Waals surface area (Å²) in [5.74, 6) is 1.79. The van der Waals surface area contributed by atoms with Crippen molar-refractivity contribution in [1.29, 1.82) is 0 Å². The minimum Gasteiger partial charge on any atom is -0.369 e. The standard InChI is InChI=1S/C21H33N5O2.2ClH/c1-15(16-4-9-23-10-5-16)13-19(27)25-14-18-3-2-8-24-21(18)26-11-6-17(7-12-26)20(22)28;;/h2-3,8,15-17,23H,4-7,9-14H2,1H3,(H2,22,28)(H,25,27);2*1H. The minimum absolute atomic E-state index is 0. The number of rotatable bonds is 7. The number of nitrogens with one attached hydrogen (secondary N) is 2. The molecule has 3 rings (SSSR count). The van der Waals surface area contributed by atoms with Gasteiger partial charge in [-0.15, -0.1) is 24.8 Å². The third kappa shape index (κ3) is 7.29. The second kappa shape index (κ2) is 13.0. The number of nitrogens with two attached hydrogens (primary N) is 1. The first-order valence-corrected chi connectivity index (χ1v) is 10.5. The Morgan fingerprint density at radius 1 is 1.23 bits per heavy atom. The van der Waals surface area contributed by atoms with Crippen molar-refractivity contribution in [1.82, 2.24) is 15.6 Å². The van der Waals surface area contributed by atoms with E-state index in [4.69, 9.17) is 5.73 Å². The Labute approximate surface area is 191 Å². The molecule has 7 nitrogen and oxygen atoms in total. The molecular formula is C21H35Cl2N5O2. The molecule has 1 unspecified atom stereocenters. The number of hydrogen-bond acceptors (Lipinski definition) is 5. The molecule has 0 saturated carbocycles. The number of piperidine rings is 2. The quantitative estimate of drug-likeness (QED) is 0.580. The molecule has 2 aliphatic rings. The SMILES string of the molecule is CC(CC(=O)NCc1cccnc1N1CCC(C(N)=O)CC1)C1CCNCC1.Cl.Cl. The molecule has 30 heavy (non-hydrogen) atoms. The number of halogens is 2. The van der Waals surface area contributed by atoms with E-state index in [-0.39, 0.29) is 42.5 Å². The van der Waals surface area contributed by atoms with Gasteiger partial charge >= 0.3 is 0 Å². The predicted molar refractivity (Wildman–Crippen MR) is 124 cm³/mol. The van der Waals surface area contributed by atoms with Crippen LogP contribution in [0.4, 0.5) is 5.82 Å². The number of anilines is 1. The zero-order valence-corrected chi connectivity index (χ0v) is 19.3. The van der Waals surface area contributed by atoms with Crippen molar-refractivity contribution in [3.8, 4) is 0 Å². The Balaban J connectivity index is 0.00000225. The second-order valence-electron chi connectivity index (χ2n) is 8.20. The Kier molecular flexibility index (Phi) is 11.4. The average molecular weight is 460 g/mol. The van der Waals surface area contributed by atoms with Crippen molar-refractivity contribution in [3.05, 3.63) is 23.9 Å².